The second-order valence-corrected chi connectivity index (χ2v) is 8.07. The van der Waals surface area contributed by atoms with Crippen LogP contribution in [0.5, 0.6) is 0 Å². The van der Waals surface area contributed by atoms with E-state index < -0.39 is 12.1 Å². The fourth-order valence-corrected chi connectivity index (χ4v) is 3.95. The van der Waals surface area contributed by atoms with E-state index >= 15 is 0 Å². The van der Waals surface area contributed by atoms with E-state index in [9.17, 15) is 14.7 Å². The van der Waals surface area contributed by atoms with Crippen molar-refractivity contribution in [2.24, 2.45) is 0 Å². The van der Waals surface area contributed by atoms with Gasteiger partial charge in [0.1, 0.15) is 18.3 Å². The molecule has 2 N–H and O–H groups in total. The number of rotatable bonds is 8. The number of likely N-dealkylation sites (tertiary alicyclic amines) is 1. The summed E-state index contributed by atoms with van der Waals surface area (Å²) in [4.78, 5) is 27.1. The van der Waals surface area contributed by atoms with Gasteiger partial charge in [-0.05, 0) is 16.7 Å². The van der Waals surface area contributed by atoms with Gasteiger partial charge in [0, 0.05) is 26.6 Å². The Balaban J connectivity index is 1.34. The van der Waals surface area contributed by atoms with Crippen molar-refractivity contribution in [3.8, 4) is 11.1 Å². The van der Waals surface area contributed by atoms with Gasteiger partial charge in [-0.3, -0.25) is 9.59 Å². The number of benzene rings is 2. The number of β-amino-alcohol motifs (C(OH)–C–C–N with tert-alkyl or cyclic N) is 1. The molecule has 3 aromatic rings. The number of hydrogen-bond donors (Lipinski definition) is 2. The molecule has 2 amide bonds. The Labute approximate surface area is 192 Å². The number of hydrogen-bond acceptors (Lipinski definition) is 6. The highest BCUT2D eigenvalue weighted by molar-refractivity contribution is 5.88. The van der Waals surface area contributed by atoms with Crippen molar-refractivity contribution in [3.05, 3.63) is 72.1 Å². The smallest absolute Gasteiger partial charge is 0.245 e. The van der Waals surface area contributed by atoms with Crippen LogP contribution in [-0.4, -0.2) is 62.6 Å². The minimum Gasteiger partial charge on any atom is -0.391 e. The highest BCUT2D eigenvalue weighted by Gasteiger charge is 2.38. The van der Waals surface area contributed by atoms with Crippen molar-refractivity contribution in [2.75, 3.05) is 13.7 Å². The zero-order chi connectivity index (χ0) is 23.2. The summed E-state index contributed by atoms with van der Waals surface area (Å²) in [5.41, 5.74) is 3.79. The molecule has 0 aliphatic carbocycles. The van der Waals surface area contributed by atoms with Gasteiger partial charge in [-0.25, -0.2) is 4.68 Å². The van der Waals surface area contributed by atoms with Crippen molar-refractivity contribution in [1.29, 1.82) is 0 Å². The van der Waals surface area contributed by atoms with Gasteiger partial charge < -0.3 is 20.1 Å². The van der Waals surface area contributed by atoms with Crippen molar-refractivity contribution >= 4 is 11.8 Å². The maximum absolute atomic E-state index is 12.8. The Morgan fingerprint density at radius 1 is 1.12 bits per heavy atom. The summed E-state index contributed by atoms with van der Waals surface area (Å²) in [7, 11) is 1.55. The van der Waals surface area contributed by atoms with E-state index in [0.29, 0.717) is 18.8 Å². The van der Waals surface area contributed by atoms with Gasteiger partial charge in [0.2, 0.25) is 11.8 Å². The van der Waals surface area contributed by atoms with E-state index in [2.05, 4.69) is 15.6 Å². The molecule has 0 spiro atoms. The Bertz CT molecular complexity index is 1080. The van der Waals surface area contributed by atoms with Gasteiger partial charge >= 0.3 is 0 Å². The van der Waals surface area contributed by atoms with Crippen molar-refractivity contribution in [3.63, 3.8) is 0 Å². The lowest BCUT2D eigenvalue weighted by Crippen LogP contribution is -2.46. The number of nitrogens with one attached hydrogen (secondary N) is 1. The van der Waals surface area contributed by atoms with Crippen LogP contribution in [-0.2, 0) is 34.0 Å². The molecule has 0 radical (unpaired) electrons. The number of ether oxygens (including phenoxy) is 1. The lowest BCUT2D eigenvalue weighted by atomic mass is 10.0. The largest absolute Gasteiger partial charge is 0.391 e. The van der Waals surface area contributed by atoms with Crippen molar-refractivity contribution < 1.29 is 19.4 Å². The van der Waals surface area contributed by atoms with E-state index in [1.807, 2.05) is 54.6 Å². The molecule has 9 nitrogen and oxygen atoms in total. The normalized spacial score (nSPS) is 17.8. The zero-order valence-electron chi connectivity index (χ0n) is 18.4. The summed E-state index contributed by atoms with van der Waals surface area (Å²) >= 11 is 0. The SMILES string of the molecule is COCc1cn(CC(=O)N2CC(O)CC2C(=O)NCc2ccc(-c3ccccc3)cc2)nn1. The number of aliphatic hydroxyl groups excluding tert-OH is 1. The van der Waals surface area contributed by atoms with Crippen LogP contribution < -0.4 is 5.32 Å². The molecule has 1 fully saturated rings. The van der Waals surface area contributed by atoms with E-state index in [4.69, 9.17) is 4.74 Å². The van der Waals surface area contributed by atoms with Gasteiger partial charge in [0.05, 0.1) is 18.9 Å². The molecular weight excluding hydrogens is 422 g/mol. The molecular formula is C24H27N5O4. The first kappa shape index (κ1) is 22.6. The van der Waals surface area contributed by atoms with Gasteiger partial charge in [-0.1, -0.05) is 59.8 Å². The third kappa shape index (κ3) is 5.63. The van der Waals surface area contributed by atoms with Gasteiger partial charge in [-0.15, -0.1) is 5.10 Å². The molecule has 1 aliphatic rings. The molecule has 2 atom stereocenters. The average molecular weight is 450 g/mol. The minimum absolute atomic E-state index is 0.0613. The molecule has 172 valence electrons. The first-order valence-corrected chi connectivity index (χ1v) is 10.8. The number of amides is 2. The second kappa shape index (κ2) is 10.4. The van der Waals surface area contributed by atoms with Crippen LogP contribution in [0, 0.1) is 0 Å². The standard InChI is InChI=1S/C24H27N5O4/c1-33-16-20-13-28(27-26-20)15-23(31)29-14-21(30)11-22(29)24(32)25-12-17-7-9-19(10-8-17)18-5-3-2-4-6-18/h2-10,13,21-22,30H,11-12,14-16H2,1H3,(H,25,32). The molecule has 1 aromatic heterocycles. The van der Waals surface area contributed by atoms with Crippen LogP contribution in [0.15, 0.2) is 60.8 Å². The van der Waals surface area contributed by atoms with Gasteiger partial charge in [0.25, 0.3) is 0 Å². The fourth-order valence-electron chi connectivity index (χ4n) is 3.95. The lowest BCUT2D eigenvalue weighted by Gasteiger charge is -2.23. The Morgan fingerprint density at radius 3 is 2.58 bits per heavy atom. The third-order valence-electron chi connectivity index (χ3n) is 5.61. The highest BCUT2D eigenvalue weighted by Crippen LogP contribution is 2.21. The topological polar surface area (TPSA) is 110 Å². The highest BCUT2D eigenvalue weighted by atomic mass is 16.5. The van der Waals surface area contributed by atoms with Crippen molar-refractivity contribution in [2.45, 2.75) is 38.3 Å². The lowest BCUT2D eigenvalue weighted by molar-refractivity contribution is -0.139. The second-order valence-electron chi connectivity index (χ2n) is 8.07. The number of nitrogens with zero attached hydrogens (tertiary/aromatic N) is 4. The number of carbonyl (C=O) groups excluding carboxylic acids is 2. The van der Waals surface area contributed by atoms with Crippen LogP contribution in [0.2, 0.25) is 0 Å². The first-order valence-electron chi connectivity index (χ1n) is 10.8. The summed E-state index contributed by atoms with van der Waals surface area (Å²) in [5, 5.41) is 20.8. The molecule has 4 rings (SSSR count). The molecule has 0 saturated carbocycles. The molecule has 0 bridgehead atoms. The fraction of sp³-hybridized carbons (Fsp3) is 0.333. The summed E-state index contributed by atoms with van der Waals surface area (Å²) in [6.45, 7) is 0.691. The summed E-state index contributed by atoms with van der Waals surface area (Å²) in [5.74, 6) is -0.585. The van der Waals surface area contributed by atoms with Crippen LogP contribution in [0.3, 0.4) is 0 Å². The maximum Gasteiger partial charge on any atom is 0.245 e. The molecule has 1 aliphatic heterocycles. The predicted octanol–water partition coefficient (Wildman–Crippen LogP) is 1.37. The van der Waals surface area contributed by atoms with Crippen LogP contribution >= 0.6 is 0 Å². The number of aliphatic hydroxyl groups is 1. The third-order valence-corrected chi connectivity index (χ3v) is 5.61. The number of methoxy groups -OCH3 is 1. The molecule has 2 aromatic carbocycles. The van der Waals surface area contributed by atoms with E-state index in [1.165, 1.54) is 9.58 Å². The molecule has 9 heteroatoms. The predicted molar refractivity (Wildman–Crippen MR) is 121 cm³/mol. The Hall–Kier alpha value is -3.56. The average Bonchev–Trinajstić information content (AvgIpc) is 3.45. The van der Waals surface area contributed by atoms with Gasteiger partial charge in [-0.2, -0.15) is 0 Å². The van der Waals surface area contributed by atoms with Crippen molar-refractivity contribution in [1.82, 2.24) is 25.2 Å². The van der Waals surface area contributed by atoms with Crippen LogP contribution in [0.4, 0.5) is 0 Å². The molecule has 2 unspecified atom stereocenters. The zero-order valence-corrected chi connectivity index (χ0v) is 18.4. The first-order chi connectivity index (χ1) is 16.0. The number of aromatic nitrogens is 3. The molecule has 2 heterocycles. The minimum atomic E-state index is -0.741. The number of carbonyl (C=O) groups is 2. The molecule has 33 heavy (non-hydrogen) atoms. The quantitative estimate of drug-likeness (QED) is 0.538. The summed E-state index contributed by atoms with van der Waals surface area (Å²) < 4.78 is 6.41. The summed E-state index contributed by atoms with van der Waals surface area (Å²) in [6, 6.07) is 17.3. The van der Waals surface area contributed by atoms with E-state index in [1.54, 1.807) is 13.3 Å². The monoisotopic (exact) mass is 449 g/mol. The van der Waals surface area contributed by atoms with E-state index in [0.717, 1.165) is 16.7 Å². The van der Waals surface area contributed by atoms with E-state index in [-0.39, 0.29) is 31.3 Å². The molecule has 1 saturated heterocycles. The Morgan fingerprint density at radius 2 is 1.85 bits per heavy atom. The van der Waals surface area contributed by atoms with Gasteiger partial charge in [0.15, 0.2) is 0 Å². The summed E-state index contributed by atoms with van der Waals surface area (Å²) in [6.07, 6.45) is 1.09. The maximum atomic E-state index is 12.8. The van der Waals surface area contributed by atoms with Crippen LogP contribution in [0.1, 0.15) is 17.7 Å². The Kier molecular flexibility index (Phi) is 7.11. The van der Waals surface area contributed by atoms with Crippen LogP contribution in [0.25, 0.3) is 11.1 Å².